The van der Waals surface area contributed by atoms with E-state index in [4.69, 9.17) is 11.1 Å². The van der Waals surface area contributed by atoms with Gasteiger partial charge in [-0.05, 0) is 29.9 Å². The second kappa shape index (κ2) is 6.67. The van der Waals surface area contributed by atoms with Crippen LogP contribution in [0.3, 0.4) is 0 Å². The Morgan fingerprint density at radius 1 is 1.33 bits per heavy atom. The standard InChI is InChI=1S/C15H21N5S/c1-4-11-12(5-2)18-19-15(13(11)14(16)17)20(3)9-10-7-6-8-21-10/h6-8H,4-5,9H2,1-3H3,(H3,16,17). The van der Waals surface area contributed by atoms with Crippen molar-refractivity contribution in [2.75, 3.05) is 11.9 Å². The molecule has 0 saturated carbocycles. The van der Waals surface area contributed by atoms with Crippen molar-refractivity contribution in [1.82, 2.24) is 10.2 Å². The number of nitrogens with one attached hydrogen (secondary N) is 1. The highest BCUT2D eigenvalue weighted by molar-refractivity contribution is 7.09. The summed E-state index contributed by atoms with van der Waals surface area (Å²) < 4.78 is 0. The van der Waals surface area contributed by atoms with Gasteiger partial charge in [-0.25, -0.2) is 0 Å². The van der Waals surface area contributed by atoms with Gasteiger partial charge in [0.1, 0.15) is 5.84 Å². The lowest BCUT2D eigenvalue weighted by Crippen LogP contribution is -2.26. The third-order valence-corrected chi connectivity index (χ3v) is 4.29. The maximum atomic E-state index is 7.92. The molecule has 0 radical (unpaired) electrons. The Labute approximate surface area is 129 Å². The quantitative estimate of drug-likeness (QED) is 0.635. The zero-order valence-corrected chi connectivity index (χ0v) is 13.5. The number of nitrogen functional groups attached to an aromatic ring is 1. The molecule has 2 rings (SSSR count). The van der Waals surface area contributed by atoms with E-state index >= 15 is 0 Å². The minimum atomic E-state index is 0.0597. The van der Waals surface area contributed by atoms with Gasteiger partial charge in [0.05, 0.1) is 17.8 Å². The second-order valence-corrected chi connectivity index (χ2v) is 5.91. The fourth-order valence-corrected chi connectivity index (χ4v) is 3.18. The van der Waals surface area contributed by atoms with E-state index in [1.54, 1.807) is 11.3 Å². The van der Waals surface area contributed by atoms with Crippen LogP contribution in [0.5, 0.6) is 0 Å². The molecular formula is C15H21N5S. The molecule has 0 spiro atoms. The number of rotatable bonds is 6. The van der Waals surface area contributed by atoms with Crippen LogP contribution in [0.2, 0.25) is 0 Å². The van der Waals surface area contributed by atoms with E-state index in [1.165, 1.54) is 4.88 Å². The van der Waals surface area contributed by atoms with Crippen molar-refractivity contribution in [3.63, 3.8) is 0 Å². The molecule has 0 aliphatic heterocycles. The Kier molecular flexibility index (Phi) is 4.90. The molecule has 3 N–H and O–H groups in total. The summed E-state index contributed by atoms with van der Waals surface area (Å²) in [6, 6.07) is 4.12. The van der Waals surface area contributed by atoms with Crippen LogP contribution in [0.1, 0.15) is 35.5 Å². The number of hydrogen-bond donors (Lipinski definition) is 2. The second-order valence-electron chi connectivity index (χ2n) is 4.88. The first-order chi connectivity index (χ1) is 10.1. The van der Waals surface area contributed by atoms with Crippen LogP contribution >= 0.6 is 11.3 Å². The van der Waals surface area contributed by atoms with E-state index < -0.39 is 0 Å². The molecule has 21 heavy (non-hydrogen) atoms. The number of anilines is 1. The fourth-order valence-electron chi connectivity index (χ4n) is 2.42. The molecule has 0 atom stereocenters. The van der Waals surface area contributed by atoms with Crippen LogP contribution in [-0.4, -0.2) is 23.1 Å². The zero-order chi connectivity index (χ0) is 15.4. The number of aryl methyl sites for hydroxylation is 1. The van der Waals surface area contributed by atoms with Crippen molar-refractivity contribution in [2.24, 2.45) is 5.73 Å². The Morgan fingerprint density at radius 3 is 2.62 bits per heavy atom. The minimum absolute atomic E-state index is 0.0597. The summed E-state index contributed by atoms with van der Waals surface area (Å²) in [5.41, 5.74) is 8.50. The Hall–Kier alpha value is -1.95. The number of hydrogen-bond acceptors (Lipinski definition) is 5. The monoisotopic (exact) mass is 303 g/mol. The normalized spacial score (nSPS) is 10.6. The van der Waals surface area contributed by atoms with Gasteiger partial charge in [0, 0.05) is 11.9 Å². The van der Waals surface area contributed by atoms with Crippen molar-refractivity contribution >= 4 is 23.0 Å². The van der Waals surface area contributed by atoms with Gasteiger partial charge in [-0.15, -0.1) is 16.4 Å². The first-order valence-electron chi connectivity index (χ1n) is 7.04. The summed E-state index contributed by atoms with van der Waals surface area (Å²) in [5.74, 6) is 0.745. The average molecular weight is 303 g/mol. The molecule has 0 aromatic carbocycles. The smallest absolute Gasteiger partial charge is 0.162 e. The van der Waals surface area contributed by atoms with Crippen molar-refractivity contribution in [1.29, 1.82) is 5.41 Å². The van der Waals surface area contributed by atoms with Gasteiger partial charge in [-0.3, -0.25) is 5.41 Å². The molecule has 0 unspecified atom stereocenters. The first-order valence-corrected chi connectivity index (χ1v) is 7.92. The van der Waals surface area contributed by atoms with E-state index in [0.29, 0.717) is 5.82 Å². The number of nitrogens with two attached hydrogens (primary N) is 1. The number of aromatic nitrogens is 2. The highest BCUT2D eigenvalue weighted by Crippen LogP contribution is 2.24. The largest absolute Gasteiger partial charge is 0.384 e. The van der Waals surface area contributed by atoms with E-state index in [0.717, 1.165) is 36.2 Å². The van der Waals surface area contributed by atoms with Gasteiger partial charge in [-0.2, -0.15) is 5.10 Å². The van der Waals surface area contributed by atoms with Gasteiger partial charge >= 0.3 is 0 Å². The lowest BCUT2D eigenvalue weighted by molar-refractivity contribution is 0.824. The maximum Gasteiger partial charge on any atom is 0.162 e. The third-order valence-electron chi connectivity index (χ3n) is 3.43. The number of nitrogens with zero attached hydrogens (tertiary/aromatic N) is 3. The van der Waals surface area contributed by atoms with E-state index in [2.05, 4.69) is 28.6 Å². The van der Waals surface area contributed by atoms with Crippen molar-refractivity contribution in [3.05, 3.63) is 39.2 Å². The highest BCUT2D eigenvalue weighted by Gasteiger charge is 2.19. The SMILES string of the molecule is CCc1nnc(N(C)Cc2cccs2)c(C(=N)N)c1CC. The topological polar surface area (TPSA) is 78.9 Å². The zero-order valence-electron chi connectivity index (χ0n) is 12.7. The van der Waals surface area contributed by atoms with E-state index in [1.807, 2.05) is 24.9 Å². The maximum absolute atomic E-state index is 7.92. The molecule has 0 fully saturated rings. The molecule has 0 amide bonds. The Morgan fingerprint density at radius 2 is 2.10 bits per heavy atom. The van der Waals surface area contributed by atoms with Crippen LogP contribution in [0.4, 0.5) is 5.82 Å². The van der Waals surface area contributed by atoms with Crippen LogP contribution in [0.15, 0.2) is 17.5 Å². The average Bonchev–Trinajstić information content (AvgIpc) is 2.98. The molecule has 2 aromatic rings. The van der Waals surface area contributed by atoms with Gasteiger partial charge in [0.25, 0.3) is 0 Å². The lowest BCUT2D eigenvalue weighted by atomic mass is 10.0. The summed E-state index contributed by atoms with van der Waals surface area (Å²) >= 11 is 1.70. The van der Waals surface area contributed by atoms with Gasteiger partial charge in [0.2, 0.25) is 0 Å². The molecule has 0 bridgehead atoms. The van der Waals surface area contributed by atoms with Crippen molar-refractivity contribution in [3.8, 4) is 0 Å². The highest BCUT2D eigenvalue weighted by atomic mass is 32.1. The molecule has 2 aromatic heterocycles. The summed E-state index contributed by atoms with van der Waals surface area (Å²) in [5, 5.41) is 18.6. The van der Waals surface area contributed by atoms with Crippen LogP contribution in [0, 0.1) is 5.41 Å². The molecule has 0 saturated heterocycles. The molecule has 0 aliphatic carbocycles. The summed E-state index contributed by atoms with van der Waals surface area (Å²) in [6.45, 7) is 4.84. The molecule has 0 aliphatic rings. The van der Waals surface area contributed by atoms with Crippen molar-refractivity contribution in [2.45, 2.75) is 33.2 Å². The molecule has 6 heteroatoms. The molecule has 112 valence electrons. The van der Waals surface area contributed by atoms with E-state index in [9.17, 15) is 0 Å². The van der Waals surface area contributed by atoms with E-state index in [-0.39, 0.29) is 5.84 Å². The summed E-state index contributed by atoms with van der Waals surface area (Å²) in [7, 11) is 1.96. The van der Waals surface area contributed by atoms with Gasteiger partial charge in [0.15, 0.2) is 5.82 Å². The van der Waals surface area contributed by atoms with Gasteiger partial charge in [-0.1, -0.05) is 19.9 Å². The van der Waals surface area contributed by atoms with Crippen LogP contribution in [-0.2, 0) is 19.4 Å². The van der Waals surface area contributed by atoms with Crippen LogP contribution in [0.25, 0.3) is 0 Å². The lowest BCUT2D eigenvalue weighted by Gasteiger charge is -2.22. The van der Waals surface area contributed by atoms with Crippen LogP contribution < -0.4 is 10.6 Å². The molecule has 2 heterocycles. The van der Waals surface area contributed by atoms with Gasteiger partial charge < -0.3 is 10.6 Å². The fraction of sp³-hybridized carbons (Fsp3) is 0.400. The number of amidine groups is 1. The first kappa shape index (κ1) is 15.4. The molecular weight excluding hydrogens is 282 g/mol. The van der Waals surface area contributed by atoms with Crippen molar-refractivity contribution < 1.29 is 0 Å². The Balaban J connectivity index is 2.45. The minimum Gasteiger partial charge on any atom is -0.384 e. The third kappa shape index (κ3) is 3.21. The predicted octanol–water partition coefficient (Wildman–Crippen LogP) is 2.58. The Bertz CT molecular complexity index is 621. The molecule has 5 nitrogen and oxygen atoms in total. The number of thiophene rings is 1. The predicted molar refractivity (Wildman–Crippen MR) is 88.2 cm³/mol. The summed E-state index contributed by atoms with van der Waals surface area (Å²) in [6.07, 6.45) is 1.60. The summed E-state index contributed by atoms with van der Waals surface area (Å²) in [4.78, 5) is 3.25.